The molecule has 1 N–H and O–H groups in total. The van der Waals surface area contributed by atoms with E-state index in [9.17, 15) is 4.79 Å². The van der Waals surface area contributed by atoms with Gasteiger partial charge in [0, 0.05) is 30.8 Å². The van der Waals surface area contributed by atoms with E-state index < -0.39 is 0 Å². The summed E-state index contributed by atoms with van der Waals surface area (Å²) in [4.78, 5) is 12.5. The van der Waals surface area contributed by atoms with Crippen LogP contribution >= 0.6 is 0 Å². The van der Waals surface area contributed by atoms with Gasteiger partial charge in [-0.15, -0.1) is 0 Å². The first-order valence-corrected chi connectivity index (χ1v) is 7.40. The van der Waals surface area contributed by atoms with E-state index in [0.29, 0.717) is 12.6 Å². The predicted molar refractivity (Wildman–Crippen MR) is 88.6 cm³/mol. The highest BCUT2D eigenvalue weighted by Gasteiger charge is 2.10. The zero-order chi connectivity index (χ0) is 15.6. The number of pyridine rings is 1. The van der Waals surface area contributed by atoms with Gasteiger partial charge < -0.3 is 9.88 Å². The van der Waals surface area contributed by atoms with Crippen LogP contribution in [-0.2, 0) is 13.6 Å². The Morgan fingerprint density at radius 1 is 1.14 bits per heavy atom. The number of nitrogens with one attached hydrogen (secondary N) is 1. The van der Waals surface area contributed by atoms with Crippen molar-refractivity contribution in [1.29, 1.82) is 0 Å². The fraction of sp³-hybridized carbons (Fsp3) is 0.389. The van der Waals surface area contributed by atoms with E-state index in [1.807, 2.05) is 19.2 Å². The van der Waals surface area contributed by atoms with Crippen LogP contribution in [0.4, 0.5) is 0 Å². The first kappa shape index (κ1) is 15.5. The van der Waals surface area contributed by atoms with Gasteiger partial charge in [-0.3, -0.25) is 4.79 Å². The van der Waals surface area contributed by atoms with Gasteiger partial charge in [0.1, 0.15) is 0 Å². The summed E-state index contributed by atoms with van der Waals surface area (Å²) in [6.45, 7) is 8.93. The number of benzene rings is 1. The minimum atomic E-state index is 0.0700. The molecule has 2 aromatic rings. The Bertz CT molecular complexity index is 699. The molecule has 0 saturated carbocycles. The SMILES string of the molecule is Cc1ccc(-c2ccc(CNC(C)C)c(=O)n2C)c(C)c1. The third kappa shape index (κ3) is 3.42. The van der Waals surface area contributed by atoms with Crippen LogP contribution in [0.2, 0.25) is 0 Å². The second-order valence-electron chi connectivity index (χ2n) is 5.96. The maximum Gasteiger partial charge on any atom is 0.255 e. The molecule has 1 aromatic carbocycles. The van der Waals surface area contributed by atoms with Crippen LogP contribution in [0, 0.1) is 13.8 Å². The normalized spacial score (nSPS) is 11.1. The maximum absolute atomic E-state index is 12.5. The molecule has 0 bridgehead atoms. The van der Waals surface area contributed by atoms with Crippen molar-refractivity contribution in [3.05, 3.63) is 57.4 Å². The Balaban J connectivity index is 2.43. The molecule has 1 aromatic heterocycles. The summed E-state index contributed by atoms with van der Waals surface area (Å²) < 4.78 is 1.75. The zero-order valence-corrected chi connectivity index (χ0v) is 13.5. The van der Waals surface area contributed by atoms with Gasteiger partial charge in [0.25, 0.3) is 5.56 Å². The van der Waals surface area contributed by atoms with Crippen molar-refractivity contribution in [3.8, 4) is 11.3 Å². The highest BCUT2D eigenvalue weighted by Crippen LogP contribution is 2.23. The molecular formula is C18H24N2O. The molecule has 3 nitrogen and oxygen atoms in total. The van der Waals surface area contributed by atoms with E-state index >= 15 is 0 Å². The fourth-order valence-corrected chi connectivity index (χ4v) is 2.51. The van der Waals surface area contributed by atoms with Crippen LogP contribution in [0.15, 0.2) is 35.1 Å². The van der Waals surface area contributed by atoms with Crippen molar-refractivity contribution in [3.63, 3.8) is 0 Å². The largest absolute Gasteiger partial charge is 0.311 e. The van der Waals surface area contributed by atoms with Crippen LogP contribution in [-0.4, -0.2) is 10.6 Å². The van der Waals surface area contributed by atoms with Crippen molar-refractivity contribution >= 4 is 0 Å². The van der Waals surface area contributed by atoms with Crippen LogP contribution in [0.1, 0.15) is 30.5 Å². The molecule has 0 aliphatic carbocycles. The summed E-state index contributed by atoms with van der Waals surface area (Å²) in [7, 11) is 1.84. The molecule has 1 heterocycles. The van der Waals surface area contributed by atoms with Gasteiger partial charge in [-0.25, -0.2) is 0 Å². The lowest BCUT2D eigenvalue weighted by molar-refractivity contribution is 0.583. The molecule has 0 aliphatic rings. The summed E-state index contributed by atoms with van der Waals surface area (Å²) in [6, 6.07) is 10.7. The predicted octanol–water partition coefficient (Wildman–Crippen LogP) is 3.17. The number of rotatable bonds is 4. The lowest BCUT2D eigenvalue weighted by Gasteiger charge is -2.14. The molecule has 0 amide bonds. The van der Waals surface area contributed by atoms with E-state index in [1.54, 1.807) is 4.57 Å². The average Bonchev–Trinajstić information content (AvgIpc) is 2.41. The van der Waals surface area contributed by atoms with Crippen LogP contribution in [0.5, 0.6) is 0 Å². The van der Waals surface area contributed by atoms with E-state index in [0.717, 1.165) is 16.8 Å². The molecule has 0 atom stereocenters. The lowest BCUT2D eigenvalue weighted by Crippen LogP contribution is -2.29. The smallest absolute Gasteiger partial charge is 0.255 e. The van der Waals surface area contributed by atoms with Crippen molar-refractivity contribution < 1.29 is 0 Å². The van der Waals surface area contributed by atoms with Crippen molar-refractivity contribution in [2.75, 3.05) is 0 Å². The molecule has 3 heteroatoms. The van der Waals surface area contributed by atoms with Gasteiger partial charge in [-0.05, 0) is 25.5 Å². The van der Waals surface area contributed by atoms with Crippen LogP contribution in [0.25, 0.3) is 11.3 Å². The Morgan fingerprint density at radius 3 is 2.48 bits per heavy atom. The van der Waals surface area contributed by atoms with E-state index in [1.165, 1.54) is 11.1 Å². The van der Waals surface area contributed by atoms with Crippen LogP contribution in [0.3, 0.4) is 0 Å². The van der Waals surface area contributed by atoms with Gasteiger partial charge in [0.05, 0.1) is 5.69 Å². The monoisotopic (exact) mass is 284 g/mol. The molecule has 0 fully saturated rings. The number of aryl methyl sites for hydroxylation is 2. The van der Waals surface area contributed by atoms with Gasteiger partial charge >= 0.3 is 0 Å². The Kier molecular flexibility index (Phi) is 4.63. The van der Waals surface area contributed by atoms with Crippen LogP contribution < -0.4 is 10.9 Å². The summed E-state index contributed by atoms with van der Waals surface area (Å²) in [5, 5.41) is 3.29. The molecule has 112 valence electrons. The van der Waals surface area contributed by atoms with Gasteiger partial charge in [-0.1, -0.05) is 43.7 Å². The quantitative estimate of drug-likeness (QED) is 0.935. The standard InChI is InChI=1S/C18H24N2O/c1-12(2)19-11-15-7-9-17(20(5)18(15)21)16-8-6-13(3)10-14(16)4/h6-10,12,19H,11H2,1-5H3. The molecule has 0 spiro atoms. The van der Waals surface area contributed by atoms with E-state index in [4.69, 9.17) is 0 Å². The molecule has 21 heavy (non-hydrogen) atoms. The molecule has 0 aliphatic heterocycles. The van der Waals surface area contributed by atoms with Crippen molar-refractivity contribution in [2.45, 2.75) is 40.3 Å². The summed E-state index contributed by atoms with van der Waals surface area (Å²) >= 11 is 0. The zero-order valence-electron chi connectivity index (χ0n) is 13.5. The first-order chi connectivity index (χ1) is 9.90. The second-order valence-corrected chi connectivity index (χ2v) is 5.96. The highest BCUT2D eigenvalue weighted by atomic mass is 16.1. The van der Waals surface area contributed by atoms with Gasteiger partial charge in [0.15, 0.2) is 0 Å². The molecule has 2 rings (SSSR count). The summed E-state index contributed by atoms with van der Waals surface area (Å²) in [5.41, 5.74) is 5.38. The maximum atomic E-state index is 12.5. The molecule has 0 unspecified atom stereocenters. The van der Waals surface area contributed by atoms with E-state index in [-0.39, 0.29) is 5.56 Å². The lowest BCUT2D eigenvalue weighted by atomic mass is 10.0. The van der Waals surface area contributed by atoms with Gasteiger partial charge in [-0.2, -0.15) is 0 Å². The minimum absolute atomic E-state index is 0.0700. The molecule has 0 saturated heterocycles. The Morgan fingerprint density at radius 2 is 1.86 bits per heavy atom. The number of nitrogens with zero attached hydrogens (tertiary/aromatic N) is 1. The second kappa shape index (κ2) is 6.27. The third-order valence-electron chi connectivity index (χ3n) is 3.74. The fourth-order valence-electron chi connectivity index (χ4n) is 2.51. The summed E-state index contributed by atoms with van der Waals surface area (Å²) in [5.74, 6) is 0. The number of hydrogen-bond acceptors (Lipinski definition) is 2. The summed E-state index contributed by atoms with van der Waals surface area (Å²) in [6.07, 6.45) is 0. The minimum Gasteiger partial charge on any atom is -0.311 e. The number of aromatic nitrogens is 1. The molecular weight excluding hydrogens is 260 g/mol. The average molecular weight is 284 g/mol. The first-order valence-electron chi connectivity index (χ1n) is 7.40. The third-order valence-corrected chi connectivity index (χ3v) is 3.74. The molecule has 0 radical (unpaired) electrons. The Hall–Kier alpha value is -1.87. The number of hydrogen-bond donors (Lipinski definition) is 1. The van der Waals surface area contributed by atoms with Crippen molar-refractivity contribution in [2.24, 2.45) is 7.05 Å². The topological polar surface area (TPSA) is 34.0 Å². The highest BCUT2D eigenvalue weighted by molar-refractivity contribution is 5.64. The van der Waals surface area contributed by atoms with Gasteiger partial charge in [0.2, 0.25) is 0 Å². The van der Waals surface area contributed by atoms with Crippen molar-refractivity contribution in [1.82, 2.24) is 9.88 Å². The Labute approximate surface area is 126 Å². The van der Waals surface area contributed by atoms with E-state index in [2.05, 4.69) is 51.2 Å².